The highest BCUT2D eigenvalue weighted by atomic mass is 19.4. The molecule has 29 heavy (non-hydrogen) atoms. The van der Waals surface area contributed by atoms with Crippen LogP contribution in [0.1, 0.15) is 30.3 Å². The largest absolute Gasteiger partial charge is 0.416 e. The molecule has 0 saturated heterocycles. The van der Waals surface area contributed by atoms with Crippen LogP contribution in [0, 0.1) is 0 Å². The maximum Gasteiger partial charge on any atom is 0.416 e. The summed E-state index contributed by atoms with van der Waals surface area (Å²) in [5.74, 6) is 0.318. The molecule has 0 fully saturated rings. The van der Waals surface area contributed by atoms with E-state index in [1.54, 1.807) is 24.4 Å². The summed E-state index contributed by atoms with van der Waals surface area (Å²) < 4.78 is 38.2. The van der Waals surface area contributed by atoms with Gasteiger partial charge in [0.2, 0.25) is 5.95 Å². The van der Waals surface area contributed by atoms with Crippen LogP contribution in [-0.4, -0.2) is 15.0 Å². The van der Waals surface area contributed by atoms with Gasteiger partial charge in [-0.25, -0.2) is 4.98 Å². The summed E-state index contributed by atoms with van der Waals surface area (Å²) in [5.41, 5.74) is 14.1. The highest BCUT2D eigenvalue weighted by Crippen LogP contribution is 2.30. The fourth-order valence-electron chi connectivity index (χ4n) is 2.67. The quantitative estimate of drug-likeness (QED) is 0.589. The van der Waals surface area contributed by atoms with Crippen molar-refractivity contribution in [3.8, 4) is 0 Å². The summed E-state index contributed by atoms with van der Waals surface area (Å²) in [6.07, 6.45) is -2.19. The molecular formula is C20H19F3N6. The minimum absolute atomic E-state index is 0.136. The van der Waals surface area contributed by atoms with Crippen LogP contribution in [0.15, 0.2) is 60.4 Å². The summed E-state index contributed by atoms with van der Waals surface area (Å²) >= 11 is 0. The van der Waals surface area contributed by atoms with Crippen molar-refractivity contribution in [2.24, 2.45) is 5.73 Å². The van der Waals surface area contributed by atoms with Gasteiger partial charge in [-0.15, -0.1) is 0 Å². The molecule has 2 aromatic heterocycles. The van der Waals surface area contributed by atoms with E-state index in [-0.39, 0.29) is 11.8 Å². The van der Waals surface area contributed by atoms with Gasteiger partial charge in [-0.05, 0) is 42.8 Å². The number of halogens is 3. The first-order valence-corrected chi connectivity index (χ1v) is 8.77. The maximum atomic E-state index is 12.7. The zero-order valence-corrected chi connectivity index (χ0v) is 15.5. The third kappa shape index (κ3) is 4.81. The summed E-state index contributed by atoms with van der Waals surface area (Å²) in [5, 5.41) is 2.87. The van der Waals surface area contributed by atoms with Crippen LogP contribution in [0.3, 0.4) is 0 Å². The second-order valence-electron chi connectivity index (χ2n) is 6.17. The van der Waals surface area contributed by atoms with Gasteiger partial charge in [0.05, 0.1) is 17.0 Å². The number of nitrogens with one attached hydrogen (secondary N) is 1. The highest BCUT2D eigenvalue weighted by Gasteiger charge is 2.30. The Morgan fingerprint density at radius 3 is 2.34 bits per heavy atom. The number of hydrogen-bond donors (Lipinski definition) is 3. The van der Waals surface area contributed by atoms with Crippen molar-refractivity contribution >= 4 is 23.0 Å². The van der Waals surface area contributed by atoms with E-state index in [1.807, 2.05) is 13.0 Å². The lowest BCUT2D eigenvalue weighted by atomic mass is 10.0. The molecule has 3 rings (SSSR count). The molecule has 0 aliphatic heterocycles. The molecule has 3 aromatic rings. The molecule has 1 aromatic carbocycles. The number of alkyl halides is 3. The van der Waals surface area contributed by atoms with Crippen LogP contribution in [-0.2, 0) is 6.18 Å². The normalized spacial score (nSPS) is 12.4. The van der Waals surface area contributed by atoms with Crippen LogP contribution < -0.4 is 16.8 Å². The van der Waals surface area contributed by atoms with Gasteiger partial charge < -0.3 is 16.8 Å². The van der Waals surface area contributed by atoms with Crippen molar-refractivity contribution in [1.82, 2.24) is 15.0 Å². The summed E-state index contributed by atoms with van der Waals surface area (Å²) in [6.45, 7) is 1.91. The van der Waals surface area contributed by atoms with Crippen LogP contribution >= 0.6 is 0 Å². The number of anilines is 3. The zero-order chi connectivity index (χ0) is 21.0. The second kappa shape index (κ2) is 8.17. The molecule has 0 unspecified atom stereocenters. The van der Waals surface area contributed by atoms with Crippen molar-refractivity contribution < 1.29 is 13.2 Å². The summed E-state index contributed by atoms with van der Waals surface area (Å²) in [4.78, 5) is 12.9. The first-order valence-electron chi connectivity index (χ1n) is 8.77. The number of nitrogens with zero attached hydrogens (tertiary/aromatic N) is 3. The Kier molecular flexibility index (Phi) is 5.67. The first kappa shape index (κ1) is 20.1. The van der Waals surface area contributed by atoms with Gasteiger partial charge in [0.15, 0.2) is 0 Å². The highest BCUT2D eigenvalue weighted by molar-refractivity contribution is 5.79. The average molecular weight is 400 g/mol. The number of hydrogen-bond acceptors (Lipinski definition) is 6. The number of nitrogens with two attached hydrogens (primary N) is 2. The number of pyridine rings is 1. The molecule has 9 heteroatoms. The second-order valence-corrected chi connectivity index (χ2v) is 6.17. The monoisotopic (exact) mass is 400 g/mol. The molecule has 0 bridgehead atoms. The van der Waals surface area contributed by atoms with Gasteiger partial charge in [0, 0.05) is 29.2 Å². The van der Waals surface area contributed by atoms with E-state index in [2.05, 4.69) is 20.3 Å². The maximum absolute atomic E-state index is 12.7. The topological polar surface area (TPSA) is 103 Å². The molecule has 2 heterocycles. The molecule has 5 N–H and O–H groups in total. The van der Waals surface area contributed by atoms with Gasteiger partial charge in [0.25, 0.3) is 0 Å². The minimum Gasteiger partial charge on any atom is -0.401 e. The molecule has 0 amide bonds. The molecule has 0 radical (unpaired) electrons. The Morgan fingerprint density at radius 2 is 1.76 bits per heavy atom. The number of benzene rings is 1. The fraction of sp³-hybridized carbons (Fsp3) is 0.150. The van der Waals surface area contributed by atoms with Crippen LogP contribution in [0.2, 0.25) is 0 Å². The van der Waals surface area contributed by atoms with Crippen LogP contribution in [0.5, 0.6) is 0 Å². The minimum atomic E-state index is -4.40. The standard InChI is InChI=1S/C20H19F3N6/c1-2-14(24)18(15-5-3-4-10-26-15)16-11-17(25)29-19(28-16)27-13-8-6-12(7-9-13)20(21,22)23/h3-11H,2,24H2,1H3,(H3,25,27,28,29). The smallest absolute Gasteiger partial charge is 0.401 e. The Labute approximate surface area is 165 Å². The van der Waals surface area contributed by atoms with Crippen molar-refractivity contribution in [2.75, 3.05) is 11.1 Å². The number of aromatic nitrogens is 3. The predicted octanol–water partition coefficient (Wildman–Crippen LogP) is 4.34. The lowest BCUT2D eigenvalue weighted by molar-refractivity contribution is -0.137. The van der Waals surface area contributed by atoms with Crippen molar-refractivity contribution in [3.05, 3.63) is 77.4 Å². The van der Waals surface area contributed by atoms with Crippen LogP contribution in [0.4, 0.5) is 30.6 Å². The SMILES string of the molecule is CCC(N)=C(c1ccccn1)c1cc(N)nc(Nc2ccc(C(F)(F)F)cc2)n1. The van der Waals surface area contributed by atoms with Crippen molar-refractivity contribution in [1.29, 1.82) is 0 Å². The molecule has 0 atom stereocenters. The Hall–Kier alpha value is -3.62. The molecule has 150 valence electrons. The number of allylic oxidation sites excluding steroid dienone is 1. The lowest BCUT2D eigenvalue weighted by Crippen LogP contribution is -2.09. The Balaban J connectivity index is 1.97. The third-order valence-corrected chi connectivity index (χ3v) is 4.09. The Bertz CT molecular complexity index is 1010. The third-order valence-electron chi connectivity index (χ3n) is 4.09. The van der Waals surface area contributed by atoms with E-state index in [9.17, 15) is 13.2 Å². The van der Waals surface area contributed by atoms with Gasteiger partial charge in [-0.3, -0.25) is 4.98 Å². The average Bonchev–Trinajstić information content (AvgIpc) is 2.68. The van der Waals surface area contributed by atoms with Gasteiger partial charge in [0.1, 0.15) is 5.82 Å². The number of nitrogen functional groups attached to an aromatic ring is 1. The van der Waals surface area contributed by atoms with Gasteiger partial charge in [-0.2, -0.15) is 18.2 Å². The van der Waals surface area contributed by atoms with Gasteiger partial charge in [-0.1, -0.05) is 13.0 Å². The van der Waals surface area contributed by atoms with E-state index in [1.165, 1.54) is 12.1 Å². The molecular weight excluding hydrogens is 381 g/mol. The molecule has 0 aliphatic rings. The molecule has 0 spiro atoms. The van der Waals surface area contributed by atoms with Crippen molar-refractivity contribution in [3.63, 3.8) is 0 Å². The van der Waals surface area contributed by atoms with Crippen LogP contribution in [0.25, 0.3) is 5.57 Å². The fourth-order valence-corrected chi connectivity index (χ4v) is 2.67. The molecule has 0 saturated carbocycles. The first-order chi connectivity index (χ1) is 13.8. The van der Waals surface area contributed by atoms with E-state index in [4.69, 9.17) is 11.5 Å². The number of rotatable bonds is 5. The Morgan fingerprint density at radius 1 is 1.03 bits per heavy atom. The summed E-state index contributed by atoms with van der Waals surface area (Å²) in [7, 11) is 0. The predicted molar refractivity (Wildman–Crippen MR) is 106 cm³/mol. The van der Waals surface area contributed by atoms with Crippen molar-refractivity contribution in [2.45, 2.75) is 19.5 Å². The van der Waals surface area contributed by atoms with E-state index < -0.39 is 11.7 Å². The van der Waals surface area contributed by atoms with E-state index in [0.29, 0.717) is 34.8 Å². The lowest BCUT2D eigenvalue weighted by Gasteiger charge is -2.13. The molecule has 6 nitrogen and oxygen atoms in total. The molecule has 0 aliphatic carbocycles. The summed E-state index contributed by atoms with van der Waals surface area (Å²) in [6, 6.07) is 11.5. The van der Waals surface area contributed by atoms with Gasteiger partial charge >= 0.3 is 6.18 Å². The van der Waals surface area contributed by atoms with E-state index >= 15 is 0 Å². The van der Waals surface area contributed by atoms with E-state index in [0.717, 1.165) is 12.1 Å². The zero-order valence-electron chi connectivity index (χ0n) is 15.5.